The molecule has 2 heterocycles. The molecule has 1 N–H and O–H groups in total. The molecule has 1 aromatic carbocycles. The molecule has 0 unspecified atom stereocenters. The van der Waals surface area contributed by atoms with E-state index in [1.54, 1.807) is 24.0 Å². The minimum Gasteiger partial charge on any atom is -0.352 e. The molecule has 0 aliphatic heterocycles. The van der Waals surface area contributed by atoms with Crippen LogP contribution in [0, 0.1) is 6.92 Å². The van der Waals surface area contributed by atoms with Gasteiger partial charge in [0.2, 0.25) is 5.43 Å². The van der Waals surface area contributed by atoms with Gasteiger partial charge >= 0.3 is 0 Å². The predicted molar refractivity (Wildman–Crippen MR) is 133 cm³/mol. The Morgan fingerprint density at radius 1 is 1.06 bits per heavy atom. The van der Waals surface area contributed by atoms with Crippen LogP contribution < -0.4 is 10.7 Å². The highest BCUT2D eigenvalue weighted by molar-refractivity contribution is 5.99. The highest BCUT2D eigenvalue weighted by atomic mass is 16.2. The quantitative estimate of drug-likeness (QED) is 0.501. The number of aryl methyl sites for hydroxylation is 3. The second-order valence-electron chi connectivity index (χ2n) is 8.47. The van der Waals surface area contributed by atoms with Crippen molar-refractivity contribution in [2.75, 3.05) is 13.6 Å². The maximum atomic E-state index is 13.2. The van der Waals surface area contributed by atoms with Crippen LogP contribution in [0.25, 0.3) is 0 Å². The van der Waals surface area contributed by atoms with Gasteiger partial charge in [-0.15, -0.1) is 0 Å². The average molecular weight is 461 g/mol. The SMILES string of the molecule is CCCCN(C)C(=O)c1cn(CCc2ccccn2)cc(C(=O)NCc2ccc(C)cc2)c1=O. The zero-order valence-electron chi connectivity index (χ0n) is 20.1. The molecule has 0 spiro atoms. The molecule has 0 saturated heterocycles. The topological polar surface area (TPSA) is 84.3 Å². The number of amides is 2. The molecule has 178 valence electrons. The van der Waals surface area contributed by atoms with E-state index in [4.69, 9.17) is 0 Å². The van der Waals surface area contributed by atoms with Crippen molar-refractivity contribution in [1.82, 2.24) is 19.8 Å². The Morgan fingerprint density at radius 3 is 2.47 bits per heavy atom. The monoisotopic (exact) mass is 460 g/mol. The van der Waals surface area contributed by atoms with Crippen molar-refractivity contribution < 1.29 is 9.59 Å². The summed E-state index contributed by atoms with van der Waals surface area (Å²) in [4.78, 5) is 45.1. The third-order valence-corrected chi connectivity index (χ3v) is 5.67. The van der Waals surface area contributed by atoms with Crippen LogP contribution in [-0.4, -0.2) is 39.9 Å². The Morgan fingerprint density at radius 2 is 1.79 bits per heavy atom. The molecule has 0 bridgehead atoms. The molecule has 0 atom stereocenters. The van der Waals surface area contributed by atoms with E-state index >= 15 is 0 Å². The highest BCUT2D eigenvalue weighted by Gasteiger charge is 2.21. The number of rotatable bonds is 10. The van der Waals surface area contributed by atoms with Gasteiger partial charge in [-0.05, 0) is 31.0 Å². The van der Waals surface area contributed by atoms with Gasteiger partial charge in [0.25, 0.3) is 11.8 Å². The molecule has 0 fully saturated rings. The van der Waals surface area contributed by atoms with Crippen LogP contribution in [0.4, 0.5) is 0 Å². The third kappa shape index (κ3) is 6.63. The number of aromatic nitrogens is 2. The highest BCUT2D eigenvalue weighted by Crippen LogP contribution is 2.07. The lowest BCUT2D eigenvalue weighted by Gasteiger charge is -2.18. The number of nitrogens with one attached hydrogen (secondary N) is 1. The third-order valence-electron chi connectivity index (χ3n) is 5.67. The summed E-state index contributed by atoms with van der Waals surface area (Å²) >= 11 is 0. The zero-order valence-corrected chi connectivity index (χ0v) is 20.1. The van der Waals surface area contributed by atoms with Gasteiger partial charge in [0, 0.05) is 57.4 Å². The summed E-state index contributed by atoms with van der Waals surface area (Å²) in [6.45, 7) is 5.36. The first kappa shape index (κ1) is 24.9. The van der Waals surface area contributed by atoms with E-state index in [-0.39, 0.29) is 17.0 Å². The van der Waals surface area contributed by atoms with E-state index in [1.807, 2.05) is 56.3 Å². The van der Waals surface area contributed by atoms with Crippen LogP contribution in [0.2, 0.25) is 0 Å². The summed E-state index contributed by atoms with van der Waals surface area (Å²) in [6.07, 6.45) is 7.18. The molecule has 0 radical (unpaired) electrons. The number of carbonyl (C=O) groups is 2. The smallest absolute Gasteiger partial charge is 0.259 e. The van der Waals surface area contributed by atoms with Gasteiger partial charge in [0.05, 0.1) is 0 Å². The fraction of sp³-hybridized carbons (Fsp3) is 0.333. The van der Waals surface area contributed by atoms with Crippen molar-refractivity contribution in [3.63, 3.8) is 0 Å². The molecule has 0 aliphatic carbocycles. The lowest BCUT2D eigenvalue weighted by molar-refractivity contribution is 0.0791. The fourth-order valence-electron chi connectivity index (χ4n) is 3.55. The lowest BCUT2D eigenvalue weighted by atomic mass is 10.1. The van der Waals surface area contributed by atoms with Gasteiger partial charge in [0.1, 0.15) is 11.1 Å². The van der Waals surface area contributed by atoms with Gasteiger partial charge in [-0.25, -0.2) is 0 Å². The number of hydrogen-bond donors (Lipinski definition) is 1. The van der Waals surface area contributed by atoms with Crippen molar-refractivity contribution in [1.29, 1.82) is 0 Å². The number of hydrogen-bond acceptors (Lipinski definition) is 4. The minimum atomic E-state index is -0.552. The summed E-state index contributed by atoms with van der Waals surface area (Å²) in [5.74, 6) is -0.874. The van der Waals surface area contributed by atoms with E-state index < -0.39 is 11.3 Å². The number of unbranched alkanes of at least 4 members (excludes halogenated alkanes) is 1. The Bertz CT molecular complexity index is 1170. The maximum absolute atomic E-state index is 13.2. The van der Waals surface area contributed by atoms with Crippen molar-refractivity contribution in [3.05, 3.63) is 99.2 Å². The second kappa shape index (κ2) is 11.9. The molecule has 3 aromatic rings. The first-order valence-electron chi connectivity index (χ1n) is 11.6. The zero-order chi connectivity index (χ0) is 24.5. The standard InChI is InChI=1S/C27H32N4O3/c1-4-5-15-30(3)27(34)24-19-31(16-13-22-8-6-7-14-28-22)18-23(25(24)32)26(33)29-17-21-11-9-20(2)10-12-21/h6-12,14,18-19H,4-5,13,15-17H2,1-3H3,(H,29,33). The Hall–Kier alpha value is -3.74. The molecule has 0 saturated carbocycles. The average Bonchev–Trinajstić information content (AvgIpc) is 2.86. The van der Waals surface area contributed by atoms with Crippen molar-refractivity contribution in [2.45, 2.75) is 46.2 Å². The van der Waals surface area contributed by atoms with E-state index in [0.29, 0.717) is 26.1 Å². The number of benzene rings is 1. The Balaban J connectivity index is 1.87. The molecule has 7 nitrogen and oxygen atoms in total. The molecule has 2 amide bonds. The van der Waals surface area contributed by atoms with Crippen LogP contribution >= 0.6 is 0 Å². The van der Waals surface area contributed by atoms with Gasteiger partial charge in [-0.3, -0.25) is 19.4 Å². The van der Waals surface area contributed by atoms with E-state index in [0.717, 1.165) is 29.7 Å². The summed E-state index contributed by atoms with van der Waals surface area (Å²) < 4.78 is 1.73. The lowest BCUT2D eigenvalue weighted by Crippen LogP contribution is -2.36. The van der Waals surface area contributed by atoms with E-state index in [2.05, 4.69) is 10.3 Å². The summed E-state index contributed by atoms with van der Waals surface area (Å²) in [7, 11) is 1.68. The number of carbonyl (C=O) groups excluding carboxylic acids is 2. The molecule has 3 rings (SSSR count). The number of nitrogens with zero attached hydrogens (tertiary/aromatic N) is 3. The van der Waals surface area contributed by atoms with E-state index in [1.165, 1.54) is 11.1 Å². The van der Waals surface area contributed by atoms with Crippen LogP contribution in [-0.2, 0) is 19.5 Å². The van der Waals surface area contributed by atoms with Gasteiger partial charge in [0.15, 0.2) is 0 Å². The Kier molecular flexibility index (Phi) is 8.73. The van der Waals surface area contributed by atoms with Crippen LogP contribution in [0.5, 0.6) is 0 Å². The first-order valence-corrected chi connectivity index (χ1v) is 11.6. The molecular weight excluding hydrogens is 428 g/mol. The molecule has 34 heavy (non-hydrogen) atoms. The molecule has 0 aliphatic rings. The van der Waals surface area contributed by atoms with Gasteiger partial charge < -0.3 is 14.8 Å². The maximum Gasteiger partial charge on any atom is 0.259 e. The summed E-state index contributed by atoms with van der Waals surface area (Å²) in [5, 5.41) is 2.82. The normalized spacial score (nSPS) is 10.7. The van der Waals surface area contributed by atoms with Crippen LogP contribution in [0.3, 0.4) is 0 Å². The van der Waals surface area contributed by atoms with Crippen LogP contribution in [0.1, 0.15) is 57.3 Å². The predicted octanol–water partition coefficient (Wildman–Crippen LogP) is 3.60. The minimum absolute atomic E-state index is 0.00242. The molecular formula is C27H32N4O3. The van der Waals surface area contributed by atoms with Crippen molar-refractivity contribution in [3.8, 4) is 0 Å². The largest absolute Gasteiger partial charge is 0.352 e. The Labute approximate surface area is 200 Å². The van der Waals surface area contributed by atoms with E-state index in [9.17, 15) is 14.4 Å². The van der Waals surface area contributed by atoms with Gasteiger partial charge in [-0.2, -0.15) is 0 Å². The first-order chi connectivity index (χ1) is 16.4. The van der Waals surface area contributed by atoms with Crippen LogP contribution in [0.15, 0.2) is 65.8 Å². The molecule has 2 aromatic heterocycles. The fourth-order valence-corrected chi connectivity index (χ4v) is 3.55. The molecule has 7 heteroatoms. The number of pyridine rings is 2. The summed E-state index contributed by atoms with van der Waals surface area (Å²) in [5.41, 5.74) is 2.36. The van der Waals surface area contributed by atoms with Crippen molar-refractivity contribution >= 4 is 11.8 Å². The summed E-state index contributed by atoms with van der Waals surface area (Å²) in [6, 6.07) is 13.5. The van der Waals surface area contributed by atoms with Gasteiger partial charge in [-0.1, -0.05) is 49.2 Å². The van der Waals surface area contributed by atoms with Crippen molar-refractivity contribution in [2.24, 2.45) is 0 Å². The second-order valence-corrected chi connectivity index (χ2v) is 8.47.